The zero-order chi connectivity index (χ0) is 20.6. The molecule has 1 saturated heterocycles. The molecule has 0 spiro atoms. The van der Waals surface area contributed by atoms with Gasteiger partial charge < -0.3 is 4.74 Å². The maximum atomic E-state index is 12.9. The number of aromatic nitrogens is 2. The van der Waals surface area contributed by atoms with Crippen molar-refractivity contribution in [3.63, 3.8) is 0 Å². The van der Waals surface area contributed by atoms with Gasteiger partial charge in [-0.15, -0.1) is 0 Å². The van der Waals surface area contributed by atoms with Gasteiger partial charge in [0.1, 0.15) is 5.75 Å². The van der Waals surface area contributed by atoms with E-state index in [-0.39, 0.29) is 16.6 Å². The Bertz CT molecular complexity index is 1170. The third kappa shape index (κ3) is 3.81. The van der Waals surface area contributed by atoms with Crippen LogP contribution < -0.4 is 4.74 Å². The molecule has 1 aromatic heterocycles. The van der Waals surface area contributed by atoms with E-state index >= 15 is 0 Å². The molecule has 1 N–H and O–H groups in total. The minimum absolute atomic E-state index is 0.0279. The number of fused-ring (bicyclic) bond motifs is 1. The predicted molar refractivity (Wildman–Crippen MR) is 106 cm³/mol. The van der Waals surface area contributed by atoms with Crippen LogP contribution in [0.4, 0.5) is 5.69 Å². The third-order valence-corrected chi connectivity index (χ3v) is 6.89. The number of rotatable bonds is 5. The highest BCUT2D eigenvalue weighted by molar-refractivity contribution is 7.89. The van der Waals surface area contributed by atoms with Crippen LogP contribution in [-0.2, 0) is 10.0 Å². The number of sulfonamides is 1. The molecule has 4 rings (SSSR count). The Kier molecular flexibility index (Phi) is 4.97. The summed E-state index contributed by atoms with van der Waals surface area (Å²) in [6, 6.07) is 8.86. The fraction of sp³-hybridized carbons (Fsp3) is 0.316. The zero-order valence-electron chi connectivity index (χ0n) is 15.7. The van der Waals surface area contributed by atoms with Crippen molar-refractivity contribution < 1.29 is 18.1 Å². The summed E-state index contributed by atoms with van der Waals surface area (Å²) >= 11 is 0. The van der Waals surface area contributed by atoms with Gasteiger partial charge in [0.2, 0.25) is 15.8 Å². The van der Waals surface area contributed by atoms with E-state index in [4.69, 9.17) is 4.74 Å². The molecule has 29 heavy (non-hydrogen) atoms. The smallest absolute Gasteiger partial charge is 0.312 e. The Balaban J connectivity index is 1.67. The lowest BCUT2D eigenvalue weighted by Gasteiger charge is -2.30. The van der Waals surface area contributed by atoms with Crippen LogP contribution in [0.25, 0.3) is 10.9 Å². The van der Waals surface area contributed by atoms with Gasteiger partial charge >= 0.3 is 5.69 Å². The summed E-state index contributed by atoms with van der Waals surface area (Å²) in [5.74, 6) is 0.610. The van der Waals surface area contributed by atoms with E-state index in [9.17, 15) is 18.5 Å². The summed E-state index contributed by atoms with van der Waals surface area (Å²) in [5, 5.41) is 19.2. The first-order valence-corrected chi connectivity index (χ1v) is 10.7. The number of piperidine rings is 1. The summed E-state index contributed by atoms with van der Waals surface area (Å²) in [5.41, 5.74) is 0.324. The fourth-order valence-electron chi connectivity index (χ4n) is 3.51. The van der Waals surface area contributed by atoms with Crippen LogP contribution in [0.3, 0.4) is 0 Å². The molecule has 0 amide bonds. The van der Waals surface area contributed by atoms with Crippen LogP contribution in [0.5, 0.6) is 11.5 Å². The maximum absolute atomic E-state index is 12.9. The highest BCUT2D eigenvalue weighted by Gasteiger charge is 2.31. The van der Waals surface area contributed by atoms with Crippen molar-refractivity contribution in [3.05, 3.63) is 52.7 Å². The number of benzene rings is 2. The van der Waals surface area contributed by atoms with Crippen LogP contribution in [-0.4, -0.2) is 40.9 Å². The molecule has 1 aliphatic rings. The van der Waals surface area contributed by atoms with Crippen molar-refractivity contribution in [1.82, 2.24) is 14.5 Å². The molecular weight excluding hydrogens is 396 g/mol. The van der Waals surface area contributed by atoms with Crippen LogP contribution in [0.2, 0.25) is 0 Å². The normalized spacial score (nSPS) is 18.0. The summed E-state index contributed by atoms with van der Waals surface area (Å²) < 4.78 is 33.0. The van der Waals surface area contributed by atoms with Gasteiger partial charge in [-0.1, -0.05) is 6.92 Å². The molecule has 0 unspecified atom stereocenters. The van der Waals surface area contributed by atoms with Crippen LogP contribution >= 0.6 is 0 Å². The second-order valence-corrected chi connectivity index (χ2v) is 9.16. The number of nitro benzene ring substituents is 1. The standard InChI is InChI=1S/C19H20N4O5S/c1-13-3-2-8-22(12-13)29(26,27)16-6-7-19(18(10-16)23(24)25)28-15-5-4-14-11-20-21-17(14)9-15/h4-7,9-11,13H,2-3,8,12H2,1H3,(H,20,21)/t13-/m0/s1. The first-order valence-electron chi connectivity index (χ1n) is 9.24. The maximum Gasteiger partial charge on any atom is 0.312 e. The lowest BCUT2D eigenvalue weighted by Crippen LogP contribution is -2.39. The second kappa shape index (κ2) is 7.45. The molecule has 0 aliphatic carbocycles. The Labute approximate surface area is 167 Å². The minimum Gasteiger partial charge on any atom is -0.450 e. The van der Waals surface area contributed by atoms with Crippen molar-refractivity contribution in [3.8, 4) is 11.5 Å². The van der Waals surface area contributed by atoms with Gasteiger partial charge in [0.15, 0.2) is 0 Å². The molecule has 9 nitrogen and oxygen atoms in total. The number of hydrogen-bond donors (Lipinski definition) is 1. The number of nitrogens with one attached hydrogen (secondary N) is 1. The van der Waals surface area contributed by atoms with E-state index in [0.717, 1.165) is 29.8 Å². The van der Waals surface area contributed by atoms with E-state index in [1.165, 1.54) is 16.4 Å². The number of H-pyrrole nitrogens is 1. The number of aromatic amines is 1. The number of nitrogens with zero attached hydrogens (tertiary/aromatic N) is 3. The SMILES string of the molecule is C[C@H]1CCCN(S(=O)(=O)c2ccc(Oc3ccc4cn[nH]c4c3)c([N+](=O)[O-])c2)C1. The summed E-state index contributed by atoms with van der Waals surface area (Å²) in [4.78, 5) is 10.9. The molecule has 0 radical (unpaired) electrons. The molecule has 0 saturated carbocycles. The number of nitro groups is 1. The average Bonchev–Trinajstić information content (AvgIpc) is 3.16. The van der Waals surface area contributed by atoms with E-state index in [2.05, 4.69) is 10.2 Å². The van der Waals surface area contributed by atoms with Gasteiger partial charge in [-0.05, 0) is 43.0 Å². The highest BCUT2D eigenvalue weighted by Crippen LogP contribution is 2.35. The molecule has 0 bridgehead atoms. The van der Waals surface area contributed by atoms with Gasteiger partial charge in [-0.3, -0.25) is 15.2 Å². The first kappa shape index (κ1) is 19.3. The van der Waals surface area contributed by atoms with E-state index in [1.807, 2.05) is 6.92 Å². The molecule has 1 fully saturated rings. The minimum atomic E-state index is -3.80. The van der Waals surface area contributed by atoms with Gasteiger partial charge in [0.05, 0.1) is 21.5 Å². The largest absolute Gasteiger partial charge is 0.450 e. The fourth-order valence-corrected chi connectivity index (χ4v) is 5.13. The highest BCUT2D eigenvalue weighted by atomic mass is 32.2. The monoisotopic (exact) mass is 416 g/mol. The van der Waals surface area contributed by atoms with Crippen molar-refractivity contribution in [2.45, 2.75) is 24.7 Å². The molecule has 1 atom stereocenters. The van der Waals surface area contributed by atoms with Crippen molar-refractivity contribution in [2.75, 3.05) is 13.1 Å². The van der Waals surface area contributed by atoms with Crippen LogP contribution in [0, 0.1) is 16.0 Å². The molecule has 2 heterocycles. The Hall–Kier alpha value is -2.98. The van der Waals surface area contributed by atoms with E-state index in [0.29, 0.717) is 18.8 Å². The molecule has 3 aromatic rings. The van der Waals surface area contributed by atoms with Gasteiger partial charge in [-0.25, -0.2) is 8.42 Å². The molecule has 152 valence electrons. The topological polar surface area (TPSA) is 118 Å². The third-order valence-electron chi connectivity index (χ3n) is 5.03. The summed E-state index contributed by atoms with van der Waals surface area (Å²) in [6.45, 7) is 2.83. The van der Waals surface area contributed by atoms with Gasteiger partial charge in [-0.2, -0.15) is 9.40 Å². The van der Waals surface area contributed by atoms with Crippen molar-refractivity contribution in [2.24, 2.45) is 5.92 Å². The summed E-state index contributed by atoms with van der Waals surface area (Å²) in [6.07, 6.45) is 3.40. The lowest BCUT2D eigenvalue weighted by atomic mass is 10.0. The predicted octanol–water partition coefficient (Wildman–Crippen LogP) is 3.68. The summed E-state index contributed by atoms with van der Waals surface area (Å²) in [7, 11) is -3.80. The molecular formula is C19H20N4O5S. The Morgan fingerprint density at radius 1 is 1.28 bits per heavy atom. The molecule has 1 aliphatic heterocycles. The van der Waals surface area contributed by atoms with Gasteiger partial charge in [0.25, 0.3) is 0 Å². The van der Waals surface area contributed by atoms with Crippen LogP contribution in [0.15, 0.2) is 47.5 Å². The number of hydrogen-bond acceptors (Lipinski definition) is 6. The van der Waals surface area contributed by atoms with E-state index in [1.54, 1.807) is 24.4 Å². The molecule has 10 heteroatoms. The Morgan fingerprint density at radius 3 is 2.86 bits per heavy atom. The van der Waals surface area contributed by atoms with Crippen molar-refractivity contribution in [1.29, 1.82) is 0 Å². The van der Waals surface area contributed by atoms with Crippen LogP contribution in [0.1, 0.15) is 19.8 Å². The van der Waals surface area contributed by atoms with Gasteiger partial charge in [0, 0.05) is 30.6 Å². The Morgan fingerprint density at radius 2 is 2.10 bits per heavy atom. The second-order valence-electron chi connectivity index (χ2n) is 7.22. The number of ether oxygens (including phenoxy) is 1. The van der Waals surface area contributed by atoms with Crippen molar-refractivity contribution >= 4 is 26.6 Å². The van der Waals surface area contributed by atoms with E-state index < -0.39 is 20.6 Å². The zero-order valence-corrected chi connectivity index (χ0v) is 16.6. The first-order chi connectivity index (χ1) is 13.8. The average molecular weight is 416 g/mol. The lowest BCUT2D eigenvalue weighted by molar-refractivity contribution is -0.385. The quantitative estimate of drug-likeness (QED) is 0.501. The molecule has 2 aromatic carbocycles.